The average Bonchev–Trinajstić information content (AvgIpc) is 3.14. The molecule has 9 heteroatoms. The normalized spacial score (nSPS) is 14.5. The first-order valence-electron chi connectivity index (χ1n) is 7.01. The molecule has 0 spiro atoms. The number of hydrazine groups is 1. The lowest BCUT2D eigenvalue weighted by Crippen LogP contribution is -2.35. The maximum absolute atomic E-state index is 5.46. The summed E-state index contributed by atoms with van der Waals surface area (Å²) in [7, 11) is 0. The van der Waals surface area contributed by atoms with E-state index in [1.807, 2.05) is 0 Å². The van der Waals surface area contributed by atoms with Gasteiger partial charge >= 0.3 is 0 Å². The fourth-order valence-electron chi connectivity index (χ4n) is 2.06. The van der Waals surface area contributed by atoms with E-state index < -0.39 is 0 Å². The van der Waals surface area contributed by atoms with E-state index in [9.17, 15) is 0 Å². The Kier molecular flexibility index (Phi) is 3.65. The zero-order valence-corrected chi connectivity index (χ0v) is 12.1. The fourth-order valence-corrected chi connectivity index (χ4v) is 2.06. The molecule has 3 N–H and O–H groups in total. The summed E-state index contributed by atoms with van der Waals surface area (Å²) >= 11 is 0. The van der Waals surface area contributed by atoms with Gasteiger partial charge < -0.3 is 4.90 Å². The molecule has 0 aliphatic heterocycles. The third kappa shape index (κ3) is 3.07. The molecule has 1 saturated carbocycles. The van der Waals surface area contributed by atoms with Crippen molar-refractivity contribution in [1.82, 2.24) is 29.7 Å². The van der Waals surface area contributed by atoms with E-state index in [0.717, 1.165) is 12.5 Å². The number of nitrogens with one attached hydrogen (secondary N) is 1. The zero-order valence-electron chi connectivity index (χ0n) is 12.1. The van der Waals surface area contributed by atoms with E-state index in [2.05, 4.69) is 49.2 Å². The lowest BCUT2D eigenvalue weighted by molar-refractivity contribution is 0.622. The Hall–Kier alpha value is -2.29. The Morgan fingerprint density at radius 1 is 1.38 bits per heavy atom. The van der Waals surface area contributed by atoms with Gasteiger partial charge in [-0.2, -0.15) is 24.7 Å². The first kappa shape index (κ1) is 13.7. The van der Waals surface area contributed by atoms with Gasteiger partial charge in [0.05, 0.1) is 0 Å². The molecule has 0 saturated heterocycles. The Labute approximate surface area is 122 Å². The molecule has 2 aromatic rings. The van der Waals surface area contributed by atoms with Crippen LogP contribution in [0.2, 0.25) is 0 Å². The largest absolute Gasteiger partial charge is 0.338 e. The molecule has 0 unspecified atom stereocenters. The minimum atomic E-state index is 0.294. The second kappa shape index (κ2) is 5.60. The monoisotopic (exact) mass is 289 g/mol. The molecule has 0 bridgehead atoms. The third-order valence-electron chi connectivity index (χ3n) is 3.40. The van der Waals surface area contributed by atoms with E-state index in [1.54, 1.807) is 6.33 Å². The first-order chi connectivity index (χ1) is 10.2. The Bertz CT molecular complexity index is 591. The van der Waals surface area contributed by atoms with Crippen molar-refractivity contribution in [3.8, 4) is 5.95 Å². The van der Waals surface area contributed by atoms with Crippen LogP contribution >= 0.6 is 0 Å². The van der Waals surface area contributed by atoms with Crippen molar-refractivity contribution in [2.75, 3.05) is 16.9 Å². The standard InChI is InChI=1S/C12H19N9/c1-8(2)20(5-9-3-4-9)11-16-10(19-13)17-12(18-11)21-7-14-6-15-21/h6-9H,3-5,13H2,1-2H3,(H,16,17,18,19). The molecule has 1 aliphatic rings. The van der Waals surface area contributed by atoms with Crippen LogP contribution in [0.5, 0.6) is 0 Å². The van der Waals surface area contributed by atoms with E-state index in [-0.39, 0.29) is 0 Å². The second-order valence-corrected chi connectivity index (χ2v) is 5.43. The molecule has 1 fully saturated rings. The molecule has 21 heavy (non-hydrogen) atoms. The number of nitrogens with two attached hydrogens (primary N) is 1. The van der Waals surface area contributed by atoms with Crippen LogP contribution in [0.15, 0.2) is 12.7 Å². The van der Waals surface area contributed by atoms with Crippen molar-refractivity contribution in [3.63, 3.8) is 0 Å². The minimum absolute atomic E-state index is 0.294. The van der Waals surface area contributed by atoms with Crippen molar-refractivity contribution in [3.05, 3.63) is 12.7 Å². The van der Waals surface area contributed by atoms with Gasteiger partial charge in [0.15, 0.2) is 0 Å². The van der Waals surface area contributed by atoms with Gasteiger partial charge in [-0.05, 0) is 32.6 Å². The number of nitrogens with zero attached hydrogens (tertiary/aromatic N) is 7. The summed E-state index contributed by atoms with van der Waals surface area (Å²) in [5, 5.41) is 4.05. The minimum Gasteiger partial charge on any atom is -0.338 e. The van der Waals surface area contributed by atoms with Gasteiger partial charge in [0.2, 0.25) is 11.9 Å². The van der Waals surface area contributed by atoms with E-state index >= 15 is 0 Å². The highest BCUT2D eigenvalue weighted by Gasteiger charge is 2.27. The summed E-state index contributed by atoms with van der Waals surface area (Å²) < 4.78 is 1.49. The fraction of sp³-hybridized carbons (Fsp3) is 0.583. The smallest absolute Gasteiger partial charge is 0.258 e. The van der Waals surface area contributed by atoms with Gasteiger partial charge in [-0.1, -0.05) is 0 Å². The van der Waals surface area contributed by atoms with Crippen molar-refractivity contribution in [2.45, 2.75) is 32.7 Å². The van der Waals surface area contributed by atoms with Crippen LogP contribution < -0.4 is 16.2 Å². The highest BCUT2D eigenvalue weighted by Crippen LogP contribution is 2.31. The predicted molar refractivity (Wildman–Crippen MR) is 77.8 cm³/mol. The molecule has 0 aromatic carbocycles. The molecular weight excluding hydrogens is 270 g/mol. The summed E-state index contributed by atoms with van der Waals surface area (Å²) in [5.74, 6) is 7.50. The van der Waals surface area contributed by atoms with E-state index in [1.165, 1.54) is 23.9 Å². The topological polar surface area (TPSA) is 111 Å². The van der Waals surface area contributed by atoms with Crippen LogP contribution in [0.25, 0.3) is 5.95 Å². The lowest BCUT2D eigenvalue weighted by atomic mass is 10.3. The number of anilines is 2. The molecule has 1 aliphatic carbocycles. The zero-order chi connectivity index (χ0) is 14.8. The van der Waals surface area contributed by atoms with Crippen molar-refractivity contribution < 1.29 is 0 Å². The van der Waals surface area contributed by atoms with Crippen LogP contribution in [0, 0.1) is 5.92 Å². The van der Waals surface area contributed by atoms with Gasteiger partial charge in [0, 0.05) is 12.6 Å². The van der Waals surface area contributed by atoms with Gasteiger partial charge in [-0.25, -0.2) is 10.8 Å². The van der Waals surface area contributed by atoms with Crippen molar-refractivity contribution in [1.29, 1.82) is 0 Å². The highest BCUT2D eigenvalue weighted by atomic mass is 15.4. The van der Waals surface area contributed by atoms with Crippen molar-refractivity contribution >= 4 is 11.9 Å². The Morgan fingerprint density at radius 3 is 2.76 bits per heavy atom. The van der Waals surface area contributed by atoms with Crippen LogP contribution in [0.4, 0.5) is 11.9 Å². The SMILES string of the molecule is CC(C)N(CC1CC1)c1nc(NN)nc(-n2cncn2)n1. The maximum atomic E-state index is 5.46. The molecule has 2 heterocycles. The Balaban J connectivity index is 1.97. The van der Waals surface area contributed by atoms with Gasteiger partial charge in [0.25, 0.3) is 5.95 Å². The van der Waals surface area contributed by atoms with Gasteiger partial charge in [0.1, 0.15) is 12.7 Å². The van der Waals surface area contributed by atoms with Gasteiger partial charge in [-0.3, -0.25) is 5.43 Å². The number of nitrogen functional groups attached to an aromatic ring is 1. The lowest BCUT2D eigenvalue weighted by Gasteiger charge is -2.27. The quantitative estimate of drug-likeness (QED) is 0.579. The summed E-state index contributed by atoms with van der Waals surface area (Å²) in [5.41, 5.74) is 2.48. The van der Waals surface area contributed by atoms with Crippen LogP contribution in [-0.2, 0) is 0 Å². The molecule has 0 amide bonds. The molecule has 0 atom stereocenters. The summed E-state index contributed by atoms with van der Waals surface area (Å²) in [6.45, 7) is 5.19. The van der Waals surface area contributed by atoms with Crippen LogP contribution in [0.3, 0.4) is 0 Å². The summed E-state index contributed by atoms with van der Waals surface area (Å²) in [4.78, 5) is 19.1. The Morgan fingerprint density at radius 2 is 2.19 bits per heavy atom. The number of aromatic nitrogens is 6. The van der Waals surface area contributed by atoms with Crippen molar-refractivity contribution in [2.24, 2.45) is 11.8 Å². The van der Waals surface area contributed by atoms with E-state index in [0.29, 0.717) is 23.9 Å². The number of rotatable bonds is 6. The molecule has 2 aromatic heterocycles. The number of hydrogen-bond donors (Lipinski definition) is 2. The molecular formula is C12H19N9. The highest BCUT2D eigenvalue weighted by molar-refractivity contribution is 5.40. The third-order valence-corrected chi connectivity index (χ3v) is 3.40. The predicted octanol–water partition coefficient (Wildman–Crippen LogP) is 0.363. The van der Waals surface area contributed by atoms with Crippen LogP contribution in [0.1, 0.15) is 26.7 Å². The molecule has 0 radical (unpaired) electrons. The molecule has 9 nitrogen and oxygen atoms in total. The second-order valence-electron chi connectivity index (χ2n) is 5.43. The van der Waals surface area contributed by atoms with Crippen LogP contribution in [-0.4, -0.2) is 42.3 Å². The average molecular weight is 289 g/mol. The summed E-state index contributed by atoms with van der Waals surface area (Å²) in [6, 6.07) is 0.294. The summed E-state index contributed by atoms with van der Waals surface area (Å²) in [6.07, 6.45) is 5.52. The van der Waals surface area contributed by atoms with E-state index in [4.69, 9.17) is 5.84 Å². The first-order valence-corrected chi connectivity index (χ1v) is 7.01. The maximum Gasteiger partial charge on any atom is 0.258 e. The number of hydrogen-bond acceptors (Lipinski definition) is 8. The molecule has 112 valence electrons. The van der Waals surface area contributed by atoms with Gasteiger partial charge in [-0.15, -0.1) is 0 Å². The molecule has 3 rings (SSSR count).